The topological polar surface area (TPSA) is 83.0 Å². The van der Waals surface area contributed by atoms with Crippen molar-refractivity contribution >= 4 is 17.8 Å². The number of rotatable bonds is 6. The van der Waals surface area contributed by atoms with E-state index >= 15 is 0 Å². The van der Waals surface area contributed by atoms with Gasteiger partial charge in [-0.1, -0.05) is 6.07 Å². The van der Waals surface area contributed by atoms with Gasteiger partial charge in [-0.15, -0.1) is 0 Å². The fourth-order valence-corrected chi connectivity index (χ4v) is 1.96. The Hall–Kier alpha value is -3.23. The van der Waals surface area contributed by atoms with Crippen LogP contribution in [0.2, 0.25) is 0 Å². The number of phenols is 1. The van der Waals surface area contributed by atoms with Crippen LogP contribution in [0.25, 0.3) is 0 Å². The third-order valence-corrected chi connectivity index (χ3v) is 3.27. The number of nitrogens with zero attached hydrogens (tertiary/aromatic N) is 1. The molecule has 1 amide bonds. The first-order valence-electron chi connectivity index (χ1n) is 7.39. The van der Waals surface area contributed by atoms with Crippen LogP contribution >= 0.6 is 0 Å². The van der Waals surface area contributed by atoms with Crippen molar-refractivity contribution in [3.8, 4) is 11.5 Å². The number of alkyl halides is 3. The monoisotopic (exact) mass is 367 g/mol. The highest BCUT2D eigenvalue weighted by molar-refractivity contribution is 5.86. The first-order valence-corrected chi connectivity index (χ1v) is 7.39. The van der Waals surface area contributed by atoms with Crippen molar-refractivity contribution in [2.75, 3.05) is 19.0 Å². The molecule has 0 aliphatic heterocycles. The normalized spacial score (nSPS) is 11.4. The highest BCUT2D eigenvalue weighted by Crippen LogP contribution is 2.30. The molecule has 0 unspecified atom stereocenters. The molecule has 138 valence electrons. The minimum atomic E-state index is -4.46. The third kappa shape index (κ3) is 5.40. The SMILES string of the molecule is COc1ccc(O)c(/C=N\NC(=O)CNc2cccc(C(F)(F)F)c2)c1. The summed E-state index contributed by atoms with van der Waals surface area (Å²) in [6, 6.07) is 9.00. The lowest BCUT2D eigenvalue weighted by molar-refractivity contribution is -0.137. The van der Waals surface area contributed by atoms with Crippen LogP contribution in [0.5, 0.6) is 11.5 Å². The van der Waals surface area contributed by atoms with Gasteiger partial charge in [-0.3, -0.25) is 4.79 Å². The van der Waals surface area contributed by atoms with Crippen LogP contribution in [-0.4, -0.2) is 30.9 Å². The van der Waals surface area contributed by atoms with Gasteiger partial charge in [-0.05, 0) is 36.4 Å². The average Bonchev–Trinajstić information content (AvgIpc) is 2.61. The first-order chi connectivity index (χ1) is 12.3. The Morgan fingerprint density at radius 1 is 1.27 bits per heavy atom. The van der Waals surface area contributed by atoms with E-state index in [-0.39, 0.29) is 18.0 Å². The molecule has 0 radical (unpaired) electrons. The number of phenolic OH excluding ortho intramolecular Hbond substituents is 1. The number of hydrazone groups is 1. The van der Waals surface area contributed by atoms with E-state index in [1.165, 1.54) is 37.6 Å². The Bertz CT molecular complexity index is 807. The molecule has 0 bridgehead atoms. The standard InChI is InChI=1S/C17H16F3N3O3/c1-26-14-5-6-15(24)11(7-14)9-22-23-16(25)10-21-13-4-2-3-12(8-13)17(18,19)20/h2-9,21,24H,10H2,1H3,(H,23,25)/b22-9-. The lowest BCUT2D eigenvalue weighted by Crippen LogP contribution is -2.26. The second kappa shape index (κ2) is 8.24. The zero-order valence-corrected chi connectivity index (χ0v) is 13.7. The summed E-state index contributed by atoms with van der Waals surface area (Å²) < 4.78 is 42.9. The molecule has 3 N–H and O–H groups in total. The molecule has 9 heteroatoms. The fraction of sp³-hybridized carbons (Fsp3) is 0.176. The molecule has 6 nitrogen and oxygen atoms in total. The first kappa shape index (κ1) is 19.1. The number of hydrogen-bond donors (Lipinski definition) is 3. The van der Waals surface area contributed by atoms with Crippen LogP contribution in [0.15, 0.2) is 47.6 Å². The maximum atomic E-state index is 12.6. The highest BCUT2D eigenvalue weighted by Gasteiger charge is 2.30. The lowest BCUT2D eigenvalue weighted by Gasteiger charge is -2.10. The number of aromatic hydroxyl groups is 1. The predicted molar refractivity (Wildman–Crippen MR) is 90.3 cm³/mol. The number of carbonyl (C=O) groups excluding carboxylic acids is 1. The van der Waals surface area contributed by atoms with Crippen molar-refractivity contribution in [1.82, 2.24) is 5.43 Å². The summed E-state index contributed by atoms with van der Waals surface area (Å²) in [7, 11) is 1.47. The van der Waals surface area contributed by atoms with Gasteiger partial charge in [0.15, 0.2) is 0 Å². The number of carbonyl (C=O) groups is 1. The van der Waals surface area contributed by atoms with Crippen LogP contribution in [0, 0.1) is 0 Å². The molecular formula is C17H16F3N3O3. The number of anilines is 1. The van der Waals surface area contributed by atoms with Crippen molar-refractivity contribution in [1.29, 1.82) is 0 Å². The highest BCUT2D eigenvalue weighted by atomic mass is 19.4. The molecule has 0 spiro atoms. The Balaban J connectivity index is 1.90. The van der Waals surface area contributed by atoms with Gasteiger partial charge in [0.2, 0.25) is 0 Å². The molecule has 0 atom stereocenters. The molecule has 2 aromatic carbocycles. The summed E-state index contributed by atoms with van der Waals surface area (Å²) >= 11 is 0. The van der Waals surface area contributed by atoms with Crippen LogP contribution in [0.3, 0.4) is 0 Å². The molecule has 2 aromatic rings. The van der Waals surface area contributed by atoms with E-state index in [9.17, 15) is 23.1 Å². The van der Waals surface area contributed by atoms with Crippen molar-refractivity contribution in [3.63, 3.8) is 0 Å². The van der Waals surface area contributed by atoms with Crippen LogP contribution < -0.4 is 15.5 Å². The Labute approximate surface area is 147 Å². The van der Waals surface area contributed by atoms with E-state index in [1.807, 2.05) is 0 Å². The van der Waals surface area contributed by atoms with Crippen molar-refractivity contribution < 1.29 is 27.8 Å². The zero-order valence-electron chi connectivity index (χ0n) is 13.7. The number of hydrogen-bond acceptors (Lipinski definition) is 5. The van der Waals surface area contributed by atoms with Crippen molar-refractivity contribution in [3.05, 3.63) is 53.6 Å². The summed E-state index contributed by atoms with van der Waals surface area (Å²) in [5.74, 6) is -0.117. The Morgan fingerprint density at radius 2 is 2.04 bits per heavy atom. The van der Waals surface area contributed by atoms with Gasteiger partial charge in [0, 0.05) is 11.3 Å². The molecule has 0 aliphatic carbocycles. The molecule has 0 saturated heterocycles. The Kier molecular flexibility index (Phi) is 6.05. The van der Waals surface area contributed by atoms with E-state index in [2.05, 4.69) is 15.8 Å². The lowest BCUT2D eigenvalue weighted by atomic mass is 10.2. The Morgan fingerprint density at radius 3 is 2.73 bits per heavy atom. The maximum Gasteiger partial charge on any atom is 0.416 e. The number of benzene rings is 2. The molecule has 2 rings (SSSR count). The molecule has 0 aromatic heterocycles. The largest absolute Gasteiger partial charge is 0.507 e. The van der Waals surface area contributed by atoms with Gasteiger partial charge in [0.05, 0.1) is 25.4 Å². The second-order valence-corrected chi connectivity index (χ2v) is 5.15. The van der Waals surface area contributed by atoms with E-state index in [0.29, 0.717) is 11.3 Å². The number of amides is 1. The fourth-order valence-electron chi connectivity index (χ4n) is 1.96. The molecular weight excluding hydrogens is 351 g/mol. The summed E-state index contributed by atoms with van der Waals surface area (Å²) in [4.78, 5) is 11.7. The minimum absolute atomic E-state index is 0.0501. The smallest absolute Gasteiger partial charge is 0.416 e. The summed E-state index contributed by atoms with van der Waals surface area (Å²) in [6.45, 7) is -0.275. The van der Waals surface area contributed by atoms with Gasteiger partial charge in [0.25, 0.3) is 5.91 Å². The predicted octanol–water partition coefficient (Wildman–Crippen LogP) is 2.98. The van der Waals surface area contributed by atoms with Crippen molar-refractivity contribution in [2.24, 2.45) is 5.10 Å². The molecule has 0 heterocycles. The summed E-state index contributed by atoms with van der Waals surface area (Å²) in [5.41, 5.74) is 1.88. The summed E-state index contributed by atoms with van der Waals surface area (Å²) in [6.07, 6.45) is -3.23. The zero-order chi connectivity index (χ0) is 19.2. The molecule has 26 heavy (non-hydrogen) atoms. The van der Waals surface area contributed by atoms with Crippen LogP contribution in [0.4, 0.5) is 18.9 Å². The summed E-state index contributed by atoms with van der Waals surface area (Å²) in [5, 5.41) is 15.9. The van der Waals surface area contributed by atoms with Crippen LogP contribution in [-0.2, 0) is 11.0 Å². The van der Waals surface area contributed by atoms with Crippen molar-refractivity contribution in [2.45, 2.75) is 6.18 Å². The van der Waals surface area contributed by atoms with Crippen LogP contribution in [0.1, 0.15) is 11.1 Å². The van der Waals surface area contributed by atoms with Gasteiger partial charge in [-0.25, -0.2) is 5.43 Å². The number of methoxy groups -OCH3 is 1. The maximum absolute atomic E-state index is 12.6. The quantitative estimate of drug-likeness (QED) is 0.542. The second-order valence-electron chi connectivity index (χ2n) is 5.15. The van der Waals surface area contributed by atoms with Gasteiger partial charge >= 0.3 is 6.18 Å². The minimum Gasteiger partial charge on any atom is -0.507 e. The third-order valence-electron chi connectivity index (χ3n) is 3.27. The van der Waals surface area contributed by atoms with Gasteiger partial charge in [0.1, 0.15) is 11.5 Å². The van der Waals surface area contributed by atoms with Gasteiger partial charge < -0.3 is 15.2 Å². The molecule has 0 aliphatic rings. The van der Waals surface area contributed by atoms with E-state index in [4.69, 9.17) is 4.74 Å². The van der Waals surface area contributed by atoms with E-state index < -0.39 is 17.6 Å². The van der Waals surface area contributed by atoms with Gasteiger partial charge in [-0.2, -0.15) is 18.3 Å². The molecule has 0 saturated carbocycles. The average molecular weight is 367 g/mol. The number of nitrogens with one attached hydrogen (secondary N) is 2. The number of ether oxygens (including phenoxy) is 1. The molecule has 0 fully saturated rings. The van der Waals surface area contributed by atoms with E-state index in [1.54, 1.807) is 6.07 Å². The number of halogens is 3. The van der Waals surface area contributed by atoms with E-state index in [0.717, 1.165) is 12.1 Å².